The second-order valence-corrected chi connectivity index (χ2v) is 4.85. The Bertz CT molecular complexity index is 449. The van der Waals surface area contributed by atoms with E-state index in [1.807, 2.05) is 19.1 Å². The SMILES string of the molecule is Cc1cc(Br)cc(C(=O)NCCCCN=[N+]=[N-])c1. The number of carbonyl (C=O) groups is 1. The number of benzene rings is 1. The number of carbonyl (C=O) groups excluding carboxylic acids is 1. The smallest absolute Gasteiger partial charge is 0.251 e. The van der Waals surface area contributed by atoms with Gasteiger partial charge < -0.3 is 5.32 Å². The maximum atomic E-state index is 11.8. The van der Waals surface area contributed by atoms with Gasteiger partial charge in [-0.3, -0.25) is 4.79 Å². The largest absolute Gasteiger partial charge is 0.352 e. The van der Waals surface area contributed by atoms with Crippen LogP contribution in [0.5, 0.6) is 0 Å². The Labute approximate surface area is 114 Å². The summed E-state index contributed by atoms with van der Waals surface area (Å²) in [5.74, 6) is -0.0804. The topological polar surface area (TPSA) is 77.9 Å². The first-order valence-corrected chi connectivity index (χ1v) is 6.49. The van der Waals surface area contributed by atoms with E-state index in [9.17, 15) is 4.79 Å². The highest BCUT2D eigenvalue weighted by Gasteiger charge is 2.05. The molecule has 0 heterocycles. The number of hydrogen-bond donors (Lipinski definition) is 1. The van der Waals surface area contributed by atoms with E-state index in [1.54, 1.807) is 6.07 Å². The number of hydrogen-bond acceptors (Lipinski definition) is 2. The number of unbranched alkanes of at least 4 members (excludes halogenated alkanes) is 1. The van der Waals surface area contributed by atoms with Crippen molar-refractivity contribution >= 4 is 21.8 Å². The molecule has 0 bridgehead atoms. The monoisotopic (exact) mass is 310 g/mol. The lowest BCUT2D eigenvalue weighted by Crippen LogP contribution is -2.24. The summed E-state index contributed by atoms with van der Waals surface area (Å²) in [5.41, 5.74) is 9.79. The number of rotatable bonds is 6. The van der Waals surface area contributed by atoms with Crippen LogP contribution in [-0.4, -0.2) is 19.0 Å². The molecule has 0 atom stereocenters. The van der Waals surface area contributed by atoms with Crippen LogP contribution in [0.2, 0.25) is 0 Å². The maximum Gasteiger partial charge on any atom is 0.251 e. The van der Waals surface area contributed by atoms with Gasteiger partial charge in [0.15, 0.2) is 0 Å². The van der Waals surface area contributed by atoms with Crippen molar-refractivity contribution in [1.82, 2.24) is 5.32 Å². The first kappa shape index (κ1) is 14.5. The van der Waals surface area contributed by atoms with Gasteiger partial charge in [-0.1, -0.05) is 21.0 Å². The summed E-state index contributed by atoms with van der Waals surface area (Å²) in [4.78, 5) is 14.5. The summed E-state index contributed by atoms with van der Waals surface area (Å²) in [6, 6.07) is 5.60. The zero-order valence-corrected chi connectivity index (χ0v) is 11.8. The third-order valence-corrected chi connectivity index (χ3v) is 2.80. The summed E-state index contributed by atoms with van der Waals surface area (Å²) in [6.07, 6.45) is 1.58. The highest BCUT2D eigenvalue weighted by molar-refractivity contribution is 9.10. The van der Waals surface area contributed by atoms with Gasteiger partial charge in [-0.05, 0) is 49.1 Å². The quantitative estimate of drug-likeness (QED) is 0.370. The lowest BCUT2D eigenvalue weighted by atomic mass is 10.1. The van der Waals surface area contributed by atoms with Gasteiger partial charge in [-0.2, -0.15) is 0 Å². The van der Waals surface area contributed by atoms with Crippen LogP contribution >= 0.6 is 15.9 Å². The predicted octanol–water partition coefficient (Wildman–Crippen LogP) is 3.58. The van der Waals surface area contributed by atoms with Crippen LogP contribution in [0.15, 0.2) is 27.8 Å². The molecule has 1 aromatic carbocycles. The Morgan fingerprint density at radius 2 is 2.22 bits per heavy atom. The van der Waals surface area contributed by atoms with Crippen LogP contribution in [0.1, 0.15) is 28.8 Å². The zero-order valence-electron chi connectivity index (χ0n) is 10.2. The summed E-state index contributed by atoms with van der Waals surface area (Å²) >= 11 is 3.37. The third kappa shape index (κ3) is 5.21. The standard InChI is InChI=1S/C12H15BrN4O/c1-9-6-10(8-11(13)7-9)12(18)15-4-2-3-5-16-17-14/h6-8H,2-5H2,1H3,(H,15,18). The molecule has 0 saturated heterocycles. The van der Waals surface area contributed by atoms with Gasteiger partial charge in [0.1, 0.15) is 0 Å². The third-order valence-electron chi connectivity index (χ3n) is 2.34. The van der Waals surface area contributed by atoms with Gasteiger partial charge in [0, 0.05) is 28.0 Å². The van der Waals surface area contributed by atoms with E-state index in [1.165, 1.54) is 0 Å². The molecule has 0 spiro atoms. The molecular weight excluding hydrogens is 296 g/mol. The Morgan fingerprint density at radius 3 is 2.89 bits per heavy atom. The van der Waals surface area contributed by atoms with E-state index < -0.39 is 0 Å². The summed E-state index contributed by atoms with van der Waals surface area (Å²) < 4.78 is 0.899. The first-order chi connectivity index (χ1) is 8.63. The fourth-order valence-electron chi connectivity index (χ4n) is 1.52. The molecule has 0 unspecified atom stereocenters. The Morgan fingerprint density at radius 1 is 1.44 bits per heavy atom. The van der Waals surface area contributed by atoms with Crippen LogP contribution in [0.25, 0.3) is 10.4 Å². The van der Waals surface area contributed by atoms with Crippen LogP contribution in [0.4, 0.5) is 0 Å². The van der Waals surface area contributed by atoms with Gasteiger partial charge in [0.05, 0.1) is 0 Å². The van der Waals surface area contributed by atoms with Crippen LogP contribution in [0, 0.1) is 6.92 Å². The van der Waals surface area contributed by atoms with Crippen LogP contribution < -0.4 is 5.32 Å². The molecule has 18 heavy (non-hydrogen) atoms. The van der Waals surface area contributed by atoms with Gasteiger partial charge in [0.25, 0.3) is 5.91 Å². The molecule has 0 aliphatic rings. The molecule has 0 saturated carbocycles. The number of aryl methyl sites for hydroxylation is 1. The lowest BCUT2D eigenvalue weighted by molar-refractivity contribution is 0.0953. The molecule has 5 nitrogen and oxygen atoms in total. The van der Waals surface area contributed by atoms with E-state index in [0.29, 0.717) is 18.7 Å². The van der Waals surface area contributed by atoms with Crippen molar-refractivity contribution in [1.29, 1.82) is 0 Å². The van der Waals surface area contributed by atoms with Crippen molar-refractivity contribution in [3.8, 4) is 0 Å². The van der Waals surface area contributed by atoms with E-state index in [2.05, 4.69) is 31.3 Å². The van der Waals surface area contributed by atoms with Gasteiger partial charge in [0.2, 0.25) is 0 Å². The fourth-order valence-corrected chi connectivity index (χ4v) is 2.13. The van der Waals surface area contributed by atoms with Crippen molar-refractivity contribution in [3.63, 3.8) is 0 Å². The normalized spacial score (nSPS) is 9.67. The molecule has 96 valence electrons. The maximum absolute atomic E-state index is 11.8. The molecule has 1 aromatic rings. The van der Waals surface area contributed by atoms with Crippen molar-refractivity contribution in [3.05, 3.63) is 44.2 Å². The zero-order chi connectivity index (χ0) is 13.4. The van der Waals surface area contributed by atoms with Crippen molar-refractivity contribution in [2.75, 3.05) is 13.1 Å². The average molecular weight is 311 g/mol. The van der Waals surface area contributed by atoms with Crippen molar-refractivity contribution < 1.29 is 4.79 Å². The van der Waals surface area contributed by atoms with Gasteiger partial charge >= 0.3 is 0 Å². The minimum atomic E-state index is -0.0804. The molecule has 1 N–H and O–H groups in total. The van der Waals surface area contributed by atoms with E-state index in [0.717, 1.165) is 22.9 Å². The Kier molecular flexibility index (Phi) is 6.25. The molecule has 1 amide bonds. The molecule has 0 fully saturated rings. The van der Waals surface area contributed by atoms with E-state index in [4.69, 9.17) is 5.53 Å². The second-order valence-electron chi connectivity index (χ2n) is 3.93. The van der Waals surface area contributed by atoms with Crippen molar-refractivity contribution in [2.24, 2.45) is 5.11 Å². The minimum Gasteiger partial charge on any atom is -0.352 e. The highest BCUT2D eigenvalue weighted by Crippen LogP contribution is 2.15. The van der Waals surface area contributed by atoms with Gasteiger partial charge in [-0.25, -0.2) is 0 Å². The van der Waals surface area contributed by atoms with E-state index >= 15 is 0 Å². The summed E-state index contributed by atoms with van der Waals surface area (Å²) in [6.45, 7) is 3.01. The van der Waals surface area contributed by atoms with Gasteiger partial charge in [-0.15, -0.1) is 0 Å². The first-order valence-electron chi connectivity index (χ1n) is 5.69. The number of amides is 1. The Balaban J connectivity index is 2.38. The molecule has 1 rings (SSSR count). The molecule has 0 aliphatic carbocycles. The number of azide groups is 1. The minimum absolute atomic E-state index is 0.0804. The number of nitrogens with one attached hydrogen (secondary N) is 1. The molecule has 6 heteroatoms. The molecule has 0 aliphatic heterocycles. The number of nitrogens with zero attached hydrogens (tertiary/aromatic N) is 3. The Hall–Kier alpha value is -1.52. The molecule has 0 radical (unpaired) electrons. The highest BCUT2D eigenvalue weighted by atomic mass is 79.9. The average Bonchev–Trinajstić information content (AvgIpc) is 2.32. The summed E-state index contributed by atoms with van der Waals surface area (Å²) in [5, 5.41) is 6.27. The lowest BCUT2D eigenvalue weighted by Gasteiger charge is -2.06. The summed E-state index contributed by atoms with van der Waals surface area (Å²) in [7, 11) is 0. The second kappa shape index (κ2) is 7.74. The molecule has 0 aromatic heterocycles. The van der Waals surface area contributed by atoms with Crippen LogP contribution in [-0.2, 0) is 0 Å². The number of halogens is 1. The fraction of sp³-hybridized carbons (Fsp3) is 0.417. The molecular formula is C12H15BrN4O. The predicted molar refractivity (Wildman–Crippen MR) is 74.5 cm³/mol. The van der Waals surface area contributed by atoms with Crippen molar-refractivity contribution in [2.45, 2.75) is 19.8 Å². The van der Waals surface area contributed by atoms with E-state index in [-0.39, 0.29) is 5.91 Å². The van der Waals surface area contributed by atoms with Crippen LogP contribution in [0.3, 0.4) is 0 Å².